The number of ether oxygens (including phenoxy) is 1. The largest absolute Gasteiger partial charge is 0.453 e. The Labute approximate surface area is 117 Å². The van der Waals surface area contributed by atoms with Crippen LogP contribution in [0.5, 0.6) is 0 Å². The number of aromatic nitrogens is 1. The van der Waals surface area contributed by atoms with Crippen molar-refractivity contribution >= 4 is 22.7 Å². The second-order valence-corrected chi connectivity index (χ2v) is 5.23. The Balaban J connectivity index is 1.78. The Hall–Kier alpha value is -2.17. The summed E-state index contributed by atoms with van der Waals surface area (Å²) in [7, 11) is 1.43. The monoisotopic (exact) mass is 273 g/mol. The van der Waals surface area contributed by atoms with Gasteiger partial charge in [0.15, 0.2) is 0 Å². The summed E-state index contributed by atoms with van der Waals surface area (Å²) >= 11 is 0. The summed E-state index contributed by atoms with van der Waals surface area (Å²) in [6.07, 6.45) is 3.78. The zero-order valence-electron chi connectivity index (χ0n) is 11.6. The fourth-order valence-electron chi connectivity index (χ4n) is 2.96. The summed E-state index contributed by atoms with van der Waals surface area (Å²) in [4.78, 5) is 13.3. The Bertz CT molecular complexity index is 627. The van der Waals surface area contributed by atoms with E-state index in [9.17, 15) is 4.79 Å². The highest BCUT2D eigenvalue weighted by molar-refractivity contribution is 5.83. The van der Waals surface area contributed by atoms with E-state index in [-0.39, 0.29) is 6.09 Å². The van der Waals surface area contributed by atoms with E-state index in [1.165, 1.54) is 18.0 Å². The molecule has 1 amide bonds. The number of piperidine rings is 1. The third kappa shape index (κ3) is 2.19. The maximum Gasteiger partial charge on any atom is 0.409 e. The van der Waals surface area contributed by atoms with Crippen LogP contribution in [-0.2, 0) is 4.74 Å². The number of nitrogens with two attached hydrogens (primary N) is 1. The van der Waals surface area contributed by atoms with Gasteiger partial charge in [0, 0.05) is 41.9 Å². The van der Waals surface area contributed by atoms with Gasteiger partial charge in [-0.3, -0.25) is 0 Å². The molecule has 5 heteroatoms. The molecular formula is C15H19N3O2. The van der Waals surface area contributed by atoms with Crippen LogP contribution in [0.2, 0.25) is 0 Å². The minimum atomic E-state index is -0.228. The molecule has 1 aromatic carbocycles. The number of hydrogen-bond acceptors (Lipinski definition) is 3. The molecule has 0 aliphatic carbocycles. The normalized spacial score (nSPS) is 16.6. The third-order valence-corrected chi connectivity index (χ3v) is 4.04. The number of carbonyl (C=O) groups is 1. The van der Waals surface area contributed by atoms with Crippen molar-refractivity contribution in [2.24, 2.45) is 0 Å². The Morgan fingerprint density at radius 1 is 1.30 bits per heavy atom. The molecule has 0 unspecified atom stereocenters. The molecule has 106 valence electrons. The summed E-state index contributed by atoms with van der Waals surface area (Å²) < 4.78 is 7.06. The fourth-order valence-corrected chi connectivity index (χ4v) is 2.96. The van der Waals surface area contributed by atoms with Gasteiger partial charge in [-0.25, -0.2) is 4.79 Å². The van der Waals surface area contributed by atoms with E-state index in [0.29, 0.717) is 6.04 Å². The lowest BCUT2D eigenvalue weighted by Crippen LogP contribution is -2.38. The molecule has 20 heavy (non-hydrogen) atoms. The van der Waals surface area contributed by atoms with E-state index in [4.69, 9.17) is 10.5 Å². The molecule has 1 fully saturated rings. The maximum atomic E-state index is 11.5. The quantitative estimate of drug-likeness (QED) is 0.812. The predicted molar refractivity (Wildman–Crippen MR) is 78.6 cm³/mol. The standard InChI is InChI=1S/C15H19N3O2/c1-20-15(19)17-7-5-13(6-8-17)18-9-4-11-10-12(16)2-3-14(11)18/h2-4,9-10,13H,5-8,16H2,1H3. The molecule has 5 nitrogen and oxygen atoms in total. The molecule has 2 N–H and O–H groups in total. The Morgan fingerprint density at radius 3 is 2.75 bits per heavy atom. The summed E-state index contributed by atoms with van der Waals surface area (Å²) in [6.45, 7) is 1.48. The van der Waals surface area contributed by atoms with Gasteiger partial charge >= 0.3 is 6.09 Å². The second kappa shape index (κ2) is 5.07. The van der Waals surface area contributed by atoms with Gasteiger partial charge in [0.2, 0.25) is 0 Å². The van der Waals surface area contributed by atoms with Crippen molar-refractivity contribution in [3.8, 4) is 0 Å². The topological polar surface area (TPSA) is 60.5 Å². The number of amides is 1. The number of rotatable bonds is 1. The van der Waals surface area contributed by atoms with Gasteiger partial charge in [0.1, 0.15) is 0 Å². The highest BCUT2D eigenvalue weighted by Crippen LogP contribution is 2.28. The van der Waals surface area contributed by atoms with Crippen LogP contribution in [-0.4, -0.2) is 35.8 Å². The summed E-state index contributed by atoms with van der Waals surface area (Å²) in [5.74, 6) is 0. The Kier molecular flexibility index (Phi) is 3.26. The molecule has 0 bridgehead atoms. The van der Waals surface area contributed by atoms with E-state index in [2.05, 4.69) is 22.9 Å². The molecule has 0 radical (unpaired) electrons. The first-order valence-corrected chi connectivity index (χ1v) is 6.88. The second-order valence-electron chi connectivity index (χ2n) is 5.23. The molecule has 1 aliphatic rings. The first-order chi connectivity index (χ1) is 9.69. The highest BCUT2D eigenvalue weighted by atomic mass is 16.5. The van der Waals surface area contributed by atoms with Gasteiger partial charge in [-0.2, -0.15) is 0 Å². The number of nitrogen functional groups attached to an aromatic ring is 1. The van der Waals surface area contributed by atoms with Crippen molar-refractivity contribution in [1.29, 1.82) is 0 Å². The van der Waals surface area contributed by atoms with Gasteiger partial charge in [-0.05, 0) is 37.1 Å². The van der Waals surface area contributed by atoms with E-state index in [1.807, 2.05) is 12.1 Å². The van der Waals surface area contributed by atoms with Crippen LogP contribution in [0.15, 0.2) is 30.5 Å². The van der Waals surface area contributed by atoms with Gasteiger partial charge < -0.3 is 19.9 Å². The van der Waals surface area contributed by atoms with Crippen LogP contribution in [0.1, 0.15) is 18.9 Å². The van der Waals surface area contributed by atoms with Crippen LogP contribution in [0.25, 0.3) is 10.9 Å². The average molecular weight is 273 g/mol. The zero-order valence-corrected chi connectivity index (χ0v) is 11.6. The van der Waals surface area contributed by atoms with Crippen LogP contribution in [0.4, 0.5) is 10.5 Å². The number of hydrogen-bond donors (Lipinski definition) is 1. The first-order valence-electron chi connectivity index (χ1n) is 6.88. The molecule has 0 spiro atoms. The smallest absolute Gasteiger partial charge is 0.409 e. The first kappa shape index (κ1) is 12.8. The third-order valence-electron chi connectivity index (χ3n) is 4.04. The molecule has 1 aliphatic heterocycles. The molecule has 2 heterocycles. The number of benzene rings is 1. The number of fused-ring (bicyclic) bond motifs is 1. The molecular weight excluding hydrogens is 254 g/mol. The van der Waals surface area contributed by atoms with Crippen LogP contribution in [0, 0.1) is 0 Å². The van der Waals surface area contributed by atoms with Gasteiger partial charge in [-0.1, -0.05) is 0 Å². The Morgan fingerprint density at radius 2 is 2.05 bits per heavy atom. The van der Waals surface area contributed by atoms with Crippen molar-refractivity contribution in [3.05, 3.63) is 30.5 Å². The molecule has 0 saturated carbocycles. The molecule has 1 saturated heterocycles. The molecule has 1 aromatic heterocycles. The van der Waals surface area contributed by atoms with Crippen LogP contribution in [0.3, 0.4) is 0 Å². The number of anilines is 1. The molecule has 3 rings (SSSR count). The molecule has 0 atom stereocenters. The number of nitrogens with zero attached hydrogens (tertiary/aromatic N) is 2. The van der Waals surface area contributed by atoms with Crippen molar-refractivity contribution < 1.29 is 9.53 Å². The predicted octanol–water partition coefficient (Wildman–Crippen LogP) is 2.63. The summed E-state index contributed by atoms with van der Waals surface area (Å²) in [6, 6.07) is 8.52. The van der Waals surface area contributed by atoms with Crippen LogP contribution < -0.4 is 5.73 Å². The van der Waals surface area contributed by atoms with Crippen molar-refractivity contribution in [2.75, 3.05) is 25.9 Å². The summed E-state index contributed by atoms with van der Waals surface area (Å²) in [5, 5.41) is 1.17. The fraction of sp³-hybridized carbons (Fsp3) is 0.400. The van der Waals surface area contributed by atoms with Gasteiger partial charge in [-0.15, -0.1) is 0 Å². The van der Waals surface area contributed by atoms with E-state index in [1.54, 1.807) is 4.90 Å². The lowest BCUT2D eigenvalue weighted by atomic mass is 10.0. The number of carbonyl (C=O) groups excluding carboxylic acids is 1. The zero-order chi connectivity index (χ0) is 14.1. The SMILES string of the molecule is COC(=O)N1CCC(n2ccc3cc(N)ccc32)CC1. The number of methoxy groups -OCH3 is 1. The number of likely N-dealkylation sites (tertiary alicyclic amines) is 1. The van der Waals surface area contributed by atoms with E-state index in [0.717, 1.165) is 31.6 Å². The van der Waals surface area contributed by atoms with Crippen LogP contribution >= 0.6 is 0 Å². The van der Waals surface area contributed by atoms with E-state index >= 15 is 0 Å². The lowest BCUT2D eigenvalue weighted by Gasteiger charge is -2.32. The average Bonchev–Trinajstić information content (AvgIpc) is 2.89. The minimum Gasteiger partial charge on any atom is -0.453 e. The lowest BCUT2D eigenvalue weighted by molar-refractivity contribution is 0.107. The van der Waals surface area contributed by atoms with Gasteiger partial charge in [0.25, 0.3) is 0 Å². The van der Waals surface area contributed by atoms with Crippen molar-refractivity contribution in [1.82, 2.24) is 9.47 Å². The van der Waals surface area contributed by atoms with Crippen molar-refractivity contribution in [2.45, 2.75) is 18.9 Å². The maximum absolute atomic E-state index is 11.5. The van der Waals surface area contributed by atoms with E-state index < -0.39 is 0 Å². The minimum absolute atomic E-state index is 0.228. The molecule has 2 aromatic rings. The summed E-state index contributed by atoms with van der Waals surface area (Å²) in [5.41, 5.74) is 7.80. The highest BCUT2D eigenvalue weighted by Gasteiger charge is 2.24. The van der Waals surface area contributed by atoms with Crippen molar-refractivity contribution in [3.63, 3.8) is 0 Å². The van der Waals surface area contributed by atoms with Gasteiger partial charge in [0.05, 0.1) is 7.11 Å².